The van der Waals surface area contributed by atoms with Crippen molar-refractivity contribution < 1.29 is 28.6 Å². The van der Waals surface area contributed by atoms with E-state index in [4.69, 9.17) is 9.26 Å². The van der Waals surface area contributed by atoms with Crippen LogP contribution in [-0.2, 0) is 14.3 Å². The molecule has 1 unspecified atom stereocenters. The fourth-order valence-corrected chi connectivity index (χ4v) is 3.03. The standard InChI is InChI=1S/C18H16N4O7/c1-9(17-19-16(20-29-17)10-2-3-10)28-18(25)11-4-5-12(13(8-11)22(26)27)21-14(23)6-7-15(21)24/h4-5,8-10H,2-3,6-7H2,1H3. The van der Waals surface area contributed by atoms with Crippen LogP contribution in [0.25, 0.3) is 0 Å². The zero-order chi connectivity index (χ0) is 20.7. The van der Waals surface area contributed by atoms with Crippen molar-refractivity contribution in [2.24, 2.45) is 0 Å². The molecule has 1 aliphatic heterocycles. The van der Waals surface area contributed by atoms with Gasteiger partial charge in [-0.05, 0) is 31.9 Å². The van der Waals surface area contributed by atoms with E-state index in [9.17, 15) is 24.5 Å². The molecule has 0 bridgehead atoms. The molecule has 1 aliphatic carbocycles. The molecule has 1 aromatic carbocycles. The van der Waals surface area contributed by atoms with Gasteiger partial charge in [-0.15, -0.1) is 0 Å². The van der Waals surface area contributed by atoms with Gasteiger partial charge in [-0.3, -0.25) is 19.7 Å². The zero-order valence-electron chi connectivity index (χ0n) is 15.4. The summed E-state index contributed by atoms with van der Waals surface area (Å²) in [4.78, 5) is 51.9. The highest BCUT2D eigenvalue weighted by Gasteiger charge is 2.35. The van der Waals surface area contributed by atoms with Crippen LogP contribution in [-0.4, -0.2) is 32.8 Å². The van der Waals surface area contributed by atoms with Gasteiger partial charge in [-0.2, -0.15) is 4.98 Å². The molecule has 0 spiro atoms. The average molecular weight is 400 g/mol. The highest BCUT2D eigenvalue weighted by Crippen LogP contribution is 2.38. The number of carbonyl (C=O) groups excluding carboxylic acids is 3. The molecular formula is C18H16N4O7. The van der Waals surface area contributed by atoms with Crippen LogP contribution in [0.2, 0.25) is 0 Å². The number of benzene rings is 1. The molecule has 1 aromatic heterocycles. The Hall–Kier alpha value is -3.63. The average Bonchev–Trinajstić information content (AvgIpc) is 3.32. The minimum absolute atomic E-state index is 0.00960. The fraction of sp³-hybridized carbons (Fsp3) is 0.389. The maximum Gasteiger partial charge on any atom is 0.339 e. The van der Waals surface area contributed by atoms with Gasteiger partial charge in [0, 0.05) is 24.8 Å². The lowest BCUT2D eigenvalue weighted by atomic mass is 10.1. The molecule has 2 heterocycles. The molecule has 1 saturated heterocycles. The summed E-state index contributed by atoms with van der Waals surface area (Å²) in [5, 5.41) is 15.3. The summed E-state index contributed by atoms with van der Waals surface area (Å²) < 4.78 is 10.4. The number of aromatic nitrogens is 2. The van der Waals surface area contributed by atoms with Crippen molar-refractivity contribution >= 4 is 29.2 Å². The minimum Gasteiger partial charge on any atom is -0.449 e. The Bertz CT molecular complexity index is 1010. The van der Waals surface area contributed by atoms with Crippen molar-refractivity contribution in [2.75, 3.05) is 4.90 Å². The molecule has 1 atom stereocenters. The SMILES string of the molecule is CC(OC(=O)c1ccc(N2C(=O)CCC2=O)c([N+](=O)[O-])c1)c1nc(C2CC2)no1. The molecule has 0 radical (unpaired) electrons. The Labute approximate surface area is 163 Å². The minimum atomic E-state index is -0.844. The summed E-state index contributed by atoms with van der Waals surface area (Å²) in [7, 11) is 0. The molecule has 11 heteroatoms. The van der Waals surface area contributed by atoms with Gasteiger partial charge in [-0.1, -0.05) is 5.16 Å². The summed E-state index contributed by atoms with van der Waals surface area (Å²) in [5.74, 6) is -0.892. The maximum atomic E-state index is 12.4. The van der Waals surface area contributed by atoms with Gasteiger partial charge in [-0.25, -0.2) is 9.69 Å². The van der Waals surface area contributed by atoms with Crippen LogP contribution < -0.4 is 4.90 Å². The number of ether oxygens (including phenoxy) is 1. The summed E-state index contributed by atoms with van der Waals surface area (Å²) >= 11 is 0. The first-order valence-electron chi connectivity index (χ1n) is 9.04. The molecule has 2 aromatic rings. The number of hydrogen-bond donors (Lipinski definition) is 0. The fourth-order valence-electron chi connectivity index (χ4n) is 3.03. The highest BCUT2D eigenvalue weighted by molar-refractivity contribution is 6.21. The number of rotatable bonds is 6. The third kappa shape index (κ3) is 3.58. The van der Waals surface area contributed by atoms with Crippen LogP contribution >= 0.6 is 0 Å². The van der Waals surface area contributed by atoms with Gasteiger partial charge < -0.3 is 9.26 Å². The summed E-state index contributed by atoms with van der Waals surface area (Å²) in [6.45, 7) is 1.55. The van der Waals surface area contributed by atoms with Gasteiger partial charge >= 0.3 is 5.97 Å². The smallest absolute Gasteiger partial charge is 0.339 e. The maximum absolute atomic E-state index is 12.4. The van der Waals surface area contributed by atoms with Crippen molar-refractivity contribution in [2.45, 2.75) is 44.6 Å². The van der Waals surface area contributed by atoms with Gasteiger partial charge in [0.05, 0.1) is 10.5 Å². The Kier molecular flexibility index (Phi) is 4.57. The monoisotopic (exact) mass is 400 g/mol. The number of nitrogens with zero attached hydrogens (tertiary/aromatic N) is 4. The Morgan fingerprint density at radius 2 is 2.00 bits per heavy atom. The van der Waals surface area contributed by atoms with Crippen molar-refractivity contribution in [1.29, 1.82) is 0 Å². The van der Waals surface area contributed by atoms with E-state index < -0.39 is 34.5 Å². The first kappa shape index (κ1) is 18.7. The van der Waals surface area contributed by atoms with Crippen LogP contribution in [0.5, 0.6) is 0 Å². The Morgan fingerprint density at radius 1 is 1.31 bits per heavy atom. The number of imide groups is 1. The quantitative estimate of drug-likeness (QED) is 0.309. The lowest BCUT2D eigenvalue weighted by Crippen LogP contribution is -2.29. The lowest BCUT2D eigenvalue weighted by Gasteiger charge is -2.15. The van der Waals surface area contributed by atoms with Crippen molar-refractivity contribution in [3.05, 3.63) is 45.6 Å². The van der Waals surface area contributed by atoms with Crippen LogP contribution in [0.1, 0.15) is 66.7 Å². The molecule has 1 saturated carbocycles. The van der Waals surface area contributed by atoms with Crippen molar-refractivity contribution in [1.82, 2.24) is 10.1 Å². The molecular weight excluding hydrogens is 384 g/mol. The molecule has 2 aliphatic rings. The number of nitro groups is 1. The molecule has 11 nitrogen and oxygen atoms in total. The second-order valence-corrected chi connectivity index (χ2v) is 6.90. The van der Waals surface area contributed by atoms with Crippen molar-refractivity contribution in [3.63, 3.8) is 0 Å². The van der Waals surface area contributed by atoms with Crippen LogP contribution in [0.15, 0.2) is 22.7 Å². The van der Waals surface area contributed by atoms with Crippen LogP contribution in [0, 0.1) is 10.1 Å². The molecule has 2 fully saturated rings. The summed E-state index contributed by atoms with van der Waals surface area (Å²) in [5.41, 5.74) is -0.809. The van der Waals surface area contributed by atoms with E-state index in [-0.39, 0.29) is 35.9 Å². The summed E-state index contributed by atoms with van der Waals surface area (Å²) in [6, 6.07) is 3.44. The number of hydrogen-bond acceptors (Lipinski definition) is 9. The van der Waals surface area contributed by atoms with Gasteiger partial charge in [0.1, 0.15) is 5.69 Å². The number of esters is 1. The van der Waals surface area contributed by atoms with E-state index in [0.29, 0.717) is 5.82 Å². The third-order valence-electron chi connectivity index (χ3n) is 4.73. The van der Waals surface area contributed by atoms with E-state index in [2.05, 4.69) is 10.1 Å². The summed E-state index contributed by atoms with van der Waals surface area (Å²) in [6.07, 6.45) is 1.12. The third-order valence-corrected chi connectivity index (χ3v) is 4.73. The highest BCUT2D eigenvalue weighted by atomic mass is 16.6. The second kappa shape index (κ2) is 7.08. The zero-order valence-corrected chi connectivity index (χ0v) is 15.4. The predicted molar refractivity (Wildman–Crippen MR) is 94.9 cm³/mol. The molecule has 0 N–H and O–H groups in total. The molecule has 2 amide bonds. The van der Waals surface area contributed by atoms with E-state index in [0.717, 1.165) is 23.8 Å². The largest absolute Gasteiger partial charge is 0.449 e. The lowest BCUT2D eigenvalue weighted by molar-refractivity contribution is -0.384. The number of amides is 2. The molecule has 29 heavy (non-hydrogen) atoms. The first-order chi connectivity index (χ1) is 13.8. The number of nitro benzene ring substituents is 1. The number of anilines is 1. The van der Waals surface area contributed by atoms with Crippen molar-refractivity contribution in [3.8, 4) is 0 Å². The molecule has 4 rings (SSSR count). The van der Waals surface area contributed by atoms with Crippen LogP contribution in [0.3, 0.4) is 0 Å². The second-order valence-electron chi connectivity index (χ2n) is 6.90. The van der Waals surface area contributed by atoms with E-state index in [1.54, 1.807) is 6.92 Å². The molecule has 150 valence electrons. The Balaban J connectivity index is 1.55. The normalized spacial score (nSPS) is 17.5. The van der Waals surface area contributed by atoms with E-state index >= 15 is 0 Å². The predicted octanol–water partition coefficient (Wildman–Crippen LogP) is 2.43. The topological polar surface area (TPSA) is 146 Å². The van der Waals surface area contributed by atoms with Gasteiger partial charge in [0.15, 0.2) is 11.9 Å². The van der Waals surface area contributed by atoms with E-state index in [1.165, 1.54) is 12.1 Å². The Morgan fingerprint density at radius 3 is 2.62 bits per heavy atom. The first-order valence-corrected chi connectivity index (χ1v) is 9.04. The number of carbonyl (C=O) groups is 3. The van der Waals surface area contributed by atoms with Gasteiger partial charge in [0.2, 0.25) is 11.8 Å². The van der Waals surface area contributed by atoms with Gasteiger partial charge in [0.25, 0.3) is 11.6 Å². The van der Waals surface area contributed by atoms with E-state index in [1.807, 2.05) is 0 Å². The van der Waals surface area contributed by atoms with Crippen LogP contribution in [0.4, 0.5) is 11.4 Å².